The minimum atomic E-state index is -0.257. The average molecular weight is 432 g/mol. The van der Waals surface area contributed by atoms with Gasteiger partial charge in [-0.25, -0.2) is 4.79 Å². The molecule has 2 amide bonds. The van der Waals surface area contributed by atoms with E-state index >= 15 is 0 Å². The summed E-state index contributed by atoms with van der Waals surface area (Å²) in [4.78, 5) is 16.7. The number of fused-ring (bicyclic) bond motifs is 1. The Labute approximate surface area is 188 Å². The minimum Gasteiger partial charge on any atom is -0.495 e. The first-order valence-electron chi connectivity index (χ1n) is 10.8. The molecule has 0 aliphatic carbocycles. The molecule has 0 saturated carbocycles. The summed E-state index contributed by atoms with van der Waals surface area (Å²) in [6, 6.07) is 21.8. The lowest BCUT2D eigenvalue weighted by Gasteiger charge is -2.36. The Morgan fingerprint density at radius 2 is 1.66 bits per heavy atom. The molecule has 3 aromatic rings. The molecule has 1 fully saturated rings. The van der Waals surface area contributed by atoms with Gasteiger partial charge in [-0.2, -0.15) is 0 Å². The summed E-state index contributed by atoms with van der Waals surface area (Å²) in [5.74, 6) is 0.835. The second-order valence-electron chi connectivity index (χ2n) is 7.89. The maximum atomic E-state index is 12.7. The maximum absolute atomic E-state index is 12.7. The number of amides is 2. The number of hydrogen-bond acceptors (Lipinski definition) is 4. The molecule has 0 aromatic heterocycles. The first-order chi connectivity index (χ1) is 15.6. The normalized spacial score (nSPS) is 14.7. The van der Waals surface area contributed by atoms with Crippen LogP contribution in [0.4, 0.5) is 10.5 Å². The van der Waals surface area contributed by atoms with Gasteiger partial charge in [-0.1, -0.05) is 54.6 Å². The fourth-order valence-corrected chi connectivity index (χ4v) is 4.19. The Kier molecular flexibility index (Phi) is 6.44. The molecule has 32 heavy (non-hydrogen) atoms. The molecule has 0 unspecified atom stereocenters. The van der Waals surface area contributed by atoms with E-state index in [1.807, 2.05) is 55.5 Å². The highest BCUT2D eigenvalue weighted by Crippen LogP contribution is 2.28. The number of guanidine groups is 1. The smallest absolute Gasteiger partial charge is 0.324 e. The second-order valence-corrected chi connectivity index (χ2v) is 7.89. The maximum Gasteiger partial charge on any atom is 0.324 e. The second kappa shape index (κ2) is 9.60. The summed E-state index contributed by atoms with van der Waals surface area (Å²) in [5.41, 5.74) is 2.13. The zero-order chi connectivity index (χ0) is 22.5. The van der Waals surface area contributed by atoms with Gasteiger partial charge in [0.15, 0.2) is 5.96 Å². The molecule has 3 N–H and O–H groups in total. The molecule has 3 aromatic carbocycles. The van der Waals surface area contributed by atoms with Gasteiger partial charge >= 0.3 is 6.03 Å². The van der Waals surface area contributed by atoms with Gasteiger partial charge < -0.3 is 19.9 Å². The van der Waals surface area contributed by atoms with Crippen molar-refractivity contribution in [2.75, 3.05) is 38.2 Å². The third-order valence-electron chi connectivity index (χ3n) is 5.88. The molecule has 7 nitrogen and oxygen atoms in total. The predicted octanol–water partition coefficient (Wildman–Crippen LogP) is 3.97. The highest BCUT2D eigenvalue weighted by Gasteiger charge is 2.23. The SMILES string of the molecule is COc1ccccc1N1CCN(C(=O)NC(=N)N[C@H](C)c2cccc3ccccc23)CC1. The molecular formula is C25H29N5O2. The van der Waals surface area contributed by atoms with Crippen LogP contribution >= 0.6 is 0 Å². The summed E-state index contributed by atoms with van der Waals surface area (Å²) < 4.78 is 5.45. The first kappa shape index (κ1) is 21.5. The lowest BCUT2D eigenvalue weighted by atomic mass is 10.00. The molecule has 4 rings (SSSR count). The number of carbonyl (C=O) groups is 1. The molecule has 166 valence electrons. The van der Waals surface area contributed by atoms with E-state index in [-0.39, 0.29) is 18.0 Å². The molecule has 1 saturated heterocycles. The van der Waals surface area contributed by atoms with E-state index in [0.29, 0.717) is 26.2 Å². The first-order valence-corrected chi connectivity index (χ1v) is 10.8. The Balaban J connectivity index is 1.32. The Morgan fingerprint density at radius 1 is 0.969 bits per heavy atom. The van der Waals surface area contributed by atoms with Crippen LogP contribution in [-0.4, -0.2) is 50.2 Å². The van der Waals surface area contributed by atoms with Crippen molar-refractivity contribution in [3.8, 4) is 5.75 Å². The van der Waals surface area contributed by atoms with Crippen molar-refractivity contribution in [2.45, 2.75) is 13.0 Å². The number of hydrogen-bond donors (Lipinski definition) is 3. The quantitative estimate of drug-likeness (QED) is 0.431. The molecular weight excluding hydrogens is 402 g/mol. The van der Waals surface area contributed by atoms with Gasteiger partial charge in [0.1, 0.15) is 5.75 Å². The highest BCUT2D eigenvalue weighted by atomic mass is 16.5. The van der Waals surface area contributed by atoms with Crippen LogP contribution in [0.5, 0.6) is 5.75 Å². The molecule has 1 aliphatic heterocycles. The van der Waals surface area contributed by atoms with Crippen LogP contribution in [-0.2, 0) is 0 Å². The van der Waals surface area contributed by atoms with Crippen molar-refractivity contribution in [3.63, 3.8) is 0 Å². The van der Waals surface area contributed by atoms with Gasteiger partial charge in [0.25, 0.3) is 0 Å². The van der Waals surface area contributed by atoms with Gasteiger partial charge in [0.2, 0.25) is 0 Å². The molecule has 0 bridgehead atoms. The Hall–Kier alpha value is -3.74. The number of urea groups is 1. The minimum absolute atomic E-state index is 0.00240. The van der Waals surface area contributed by atoms with Crippen molar-refractivity contribution in [1.82, 2.24) is 15.5 Å². The number of carbonyl (C=O) groups excluding carboxylic acids is 1. The standard InChI is InChI=1S/C25H29N5O2/c1-18(20-11-7-9-19-8-3-4-10-21(19)20)27-24(26)28-25(31)30-16-14-29(15-17-30)22-12-5-6-13-23(22)32-2/h3-13,18H,14-17H2,1-2H3,(H3,26,27,28,31)/t18-/m1/s1. The molecule has 1 atom stereocenters. The number of anilines is 1. The van der Waals surface area contributed by atoms with Crippen LogP contribution < -0.4 is 20.3 Å². The fraction of sp³-hybridized carbons (Fsp3) is 0.280. The van der Waals surface area contributed by atoms with Gasteiger partial charge in [-0.15, -0.1) is 0 Å². The Morgan fingerprint density at radius 3 is 2.44 bits per heavy atom. The van der Waals surface area contributed by atoms with Gasteiger partial charge in [-0.05, 0) is 35.4 Å². The van der Waals surface area contributed by atoms with E-state index in [1.165, 1.54) is 0 Å². The number of piperazine rings is 1. The van der Waals surface area contributed by atoms with E-state index in [2.05, 4.69) is 33.7 Å². The molecule has 0 radical (unpaired) electrons. The highest BCUT2D eigenvalue weighted by molar-refractivity contribution is 5.95. The third kappa shape index (κ3) is 4.61. The summed E-state index contributed by atoms with van der Waals surface area (Å²) in [5, 5.41) is 16.3. The Bertz CT molecular complexity index is 1100. The number of rotatable bonds is 4. The van der Waals surface area contributed by atoms with Crippen LogP contribution in [0.15, 0.2) is 66.7 Å². The average Bonchev–Trinajstić information content (AvgIpc) is 2.83. The van der Waals surface area contributed by atoms with E-state index in [4.69, 9.17) is 10.1 Å². The molecule has 7 heteroatoms. The number of nitrogens with zero attached hydrogens (tertiary/aromatic N) is 2. The van der Waals surface area contributed by atoms with Crippen molar-refractivity contribution in [2.24, 2.45) is 0 Å². The molecule has 1 aliphatic rings. The lowest BCUT2D eigenvalue weighted by Crippen LogP contribution is -2.54. The third-order valence-corrected chi connectivity index (χ3v) is 5.88. The topological polar surface area (TPSA) is 80.7 Å². The van der Waals surface area contributed by atoms with Crippen molar-refractivity contribution in [1.29, 1.82) is 5.41 Å². The van der Waals surface area contributed by atoms with Crippen LogP contribution in [0, 0.1) is 5.41 Å². The van der Waals surface area contributed by atoms with Crippen LogP contribution in [0.2, 0.25) is 0 Å². The van der Waals surface area contributed by atoms with E-state index in [1.54, 1.807) is 12.0 Å². The van der Waals surface area contributed by atoms with E-state index in [9.17, 15) is 4.79 Å². The fourth-order valence-electron chi connectivity index (χ4n) is 4.19. The summed E-state index contributed by atoms with van der Waals surface area (Å²) in [6.07, 6.45) is 0. The van der Waals surface area contributed by atoms with Gasteiger partial charge in [0.05, 0.1) is 18.8 Å². The molecule has 1 heterocycles. The van der Waals surface area contributed by atoms with Crippen LogP contribution in [0.3, 0.4) is 0 Å². The van der Waals surface area contributed by atoms with Crippen molar-refractivity contribution >= 4 is 28.5 Å². The monoisotopic (exact) mass is 431 g/mol. The summed E-state index contributed by atoms with van der Waals surface area (Å²) >= 11 is 0. The lowest BCUT2D eigenvalue weighted by molar-refractivity contribution is 0.199. The predicted molar refractivity (Wildman–Crippen MR) is 129 cm³/mol. The van der Waals surface area contributed by atoms with E-state index < -0.39 is 0 Å². The summed E-state index contributed by atoms with van der Waals surface area (Å²) in [7, 11) is 1.67. The number of para-hydroxylation sites is 2. The zero-order valence-corrected chi connectivity index (χ0v) is 18.5. The van der Waals surface area contributed by atoms with Crippen LogP contribution in [0.1, 0.15) is 18.5 Å². The van der Waals surface area contributed by atoms with E-state index in [0.717, 1.165) is 27.8 Å². The van der Waals surface area contributed by atoms with Crippen LogP contribution in [0.25, 0.3) is 10.8 Å². The number of benzene rings is 3. The van der Waals surface area contributed by atoms with Crippen molar-refractivity contribution < 1.29 is 9.53 Å². The van der Waals surface area contributed by atoms with Gasteiger partial charge in [0, 0.05) is 26.2 Å². The summed E-state index contributed by atoms with van der Waals surface area (Å²) in [6.45, 7) is 4.57. The molecule has 0 spiro atoms. The number of nitrogens with one attached hydrogen (secondary N) is 3. The largest absolute Gasteiger partial charge is 0.495 e. The van der Waals surface area contributed by atoms with Crippen molar-refractivity contribution in [3.05, 3.63) is 72.3 Å². The number of ether oxygens (including phenoxy) is 1. The zero-order valence-electron chi connectivity index (χ0n) is 18.5. The van der Waals surface area contributed by atoms with Gasteiger partial charge in [-0.3, -0.25) is 10.7 Å². The number of methoxy groups -OCH3 is 1.